The number of fused-ring (bicyclic) bond motifs is 1. The molecule has 190 valence electrons. The topological polar surface area (TPSA) is 102 Å². The van der Waals surface area contributed by atoms with Crippen LogP contribution in [0.2, 0.25) is 0 Å². The van der Waals surface area contributed by atoms with Crippen molar-refractivity contribution in [2.75, 3.05) is 38.6 Å². The average Bonchev–Trinajstić information content (AvgIpc) is 3.56. The van der Waals surface area contributed by atoms with Gasteiger partial charge in [0.2, 0.25) is 11.8 Å². The first-order valence-electron chi connectivity index (χ1n) is 12.6. The molecule has 9 heteroatoms. The number of hydrogen-bond acceptors (Lipinski definition) is 6. The molecular formula is C26H37N5O4. The molecule has 0 bridgehead atoms. The maximum Gasteiger partial charge on any atom is 0.251 e. The summed E-state index contributed by atoms with van der Waals surface area (Å²) in [5, 5.41) is 6.13. The number of amides is 3. The van der Waals surface area contributed by atoms with Crippen LogP contribution in [0.3, 0.4) is 0 Å². The van der Waals surface area contributed by atoms with Gasteiger partial charge in [-0.05, 0) is 62.4 Å². The van der Waals surface area contributed by atoms with Gasteiger partial charge in [-0.2, -0.15) is 0 Å². The molecule has 3 saturated heterocycles. The smallest absolute Gasteiger partial charge is 0.251 e. The number of rotatable bonds is 7. The van der Waals surface area contributed by atoms with Crippen molar-refractivity contribution in [1.29, 1.82) is 0 Å². The molecule has 3 fully saturated rings. The van der Waals surface area contributed by atoms with Gasteiger partial charge in [-0.15, -0.1) is 0 Å². The van der Waals surface area contributed by atoms with Crippen molar-refractivity contribution in [2.45, 2.75) is 63.7 Å². The maximum atomic E-state index is 13.6. The number of hydrogen-bond donors (Lipinski definition) is 2. The molecule has 4 atom stereocenters. The Bertz CT molecular complexity index is 970. The second kappa shape index (κ2) is 10.4. The summed E-state index contributed by atoms with van der Waals surface area (Å²) >= 11 is 0. The summed E-state index contributed by atoms with van der Waals surface area (Å²) in [4.78, 5) is 57.9. The van der Waals surface area contributed by atoms with Gasteiger partial charge >= 0.3 is 0 Å². The minimum absolute atomic E-state index is 0.0362. The predicted octanol–water partition coefficient (Wildman–Crippen LogP) is 1.03. The highest BCUT2D eigenvalue weighted by atomic mass is 16.2. The summed E-state index contributed by atoms with van der Waals surface area (Å²) in [6, 6.07) is 5.34. The van der Waals surface area contributed by atoms with Crippen molar-refractivity contribution >= 4 is 29.2 Å². The zero-order valence-electron chi connectivity index (χ0n) is 21.1. The molecular weight excluding hydrogens is 446 g/mol. The minimum atomic E-state index is -0.733. The zero-order chi connectivity index (χ0) is 25.3. The number of anilines is 1. The molecule has 0 spiro atoms. The first-order valence-corrected chi connectivity index (χ1v) is 12.6. The van der Waals surface area contributed by atoms with E-state index in [1.807, 2.05) is 45.0 Å². The largest absolute Gasteiger partial charge is 0.378 e. The van der Waals surface area contributed by atoms with E-state index >= 15 is 0 Å². The molecule has 0 radical (unpaired) electrons. The van der Waals surface area contributed by atoms with E-state index in [-0.39, 0.29) is 48.1 Å². The van der Waals surface area contributed by atoms with Crippen LogP contribution in [0.4, 0.5) is 5.69 Å². The molecule has 4 rings (SSSR count). The molecule has 2 unspecified atom stereocenters. The molecule has 1 aromatic carbocycles. The molecule has 0 aliphatic carbocycles. The van der Waals surface area contributed by atoms with E-state index in [1.54, 1.807) is 21.9 Å². The third kappa shape index (κ3) is 5.19. The number of carbonyl (C=O) groups is 4. The maximum absolute atomic E-state index is 13.6. The highest BCUT2D eigenvalue weighted by Gasteiger charge is 2.53. The number of carbonyl (C=O) groups excluding carboxylic acids is 4. The van der Waals surface area contributed by atoms with Crippen molar-refractivity contribution in [3.05, 3.63) is 29.8 Å². The third-order valence-corrected chi connectivity index (χ3v) is 7.30. The van der Waals surface area contributed by atoms with Gasteiger partial charge in [0.25, 0.3) is 5.91 Å². The van der Waals surface area contributed by atoms with E-state index in [0.717, 1.165) is 25.1 Å². The van der Waals surface area contributed by atoms with Gasteiger partial charge in [-0.1, -0.05) is 13.8 Å². The number of nitrogens with one attached hydrogen (secondary N) is 2. The summed E-state index contributed by atoms with van der Waals surface area (Å²) in [6.07, 6.45) is 2.78. The summed E-state index contributed by atoms with van der Waals surface area (Å²) in [6.45, 7) is 5.27. The molecule has 9 nitrogen and oxygen atoms in total. The Kier molecular flexibility index (Phi) is 7.44. The summed E-state index contributed by atoms with van der Waals surface area (Å²) in [7, 11) is 3.86. The standard InChI is InChI=1S/C26H37N5O4/c1-16(2)14-20(28-24(33)17-7-9-18(10-8-17)29(3)4)26(35)30-13-11-21-23(30)22(32)15-31(21)25(34)19-6-5-12-27-19/h7-10,16,19-21,23,27H,5-6,11-15H2,1-4H3,(H,28,33)/t19-,20+,21?,23?/m1/s1. The van der Waals surface area contributed by atoms with E-state index in [1.165, 1.54) is 0 Å². The summed E-state index contributed by atoms with van der Waals surface area (Å²) < 4.78 is 0. The molecule has 2 N–H and O–H groups in total. The SMILES string of the molecule is CC(C)C[C@H](NC(=O)c1ccc(N(C)C)cc1)C(=O)N1CCC2C1C(=O)CN2C(=O)[C@H]1CCCN1. The highest BCUT2D eigenvalue weighted by Crippen LogP contribution is 2.32. The second-order valence-electron chi connectivity index (χ2n) is 10.5. The van der Waals surface area contributed by atoms with E-state index in [0.29, 0.717) is 24.9 Å². The van der Waals surface area contributed by atoms with Gasteiger partial charge in [-0.25, -0.2) is 0 Å². The van der Waals surface area contributed by atoms with Crippen molar-refractivity contribution in [3.8, 4) is 0 Å². The van der Waals surface area contributed by atoms with Gasteiger partial charge in [0.15, 0.2) is 5.78 Å². The second-order valence-corrected chi connectivity index (χ2v) is 10.5. The van der Waals surface area contributed by atoms with E-state index in [2.05, 4.69) is 10.6 Å². The van der Waals surface area contributed by atoms with Crippen molar-refractivity contribution in [2.24, 2.45) is 5.92 Å². The van der Waals surface area contributed by atoms with Crippen molar-refractivity contribution < 1.29 is 19.2 Å². The van der Waals surface area contributed by atoms with Gasteiger partial charge in [0, 0.05) is 31.9 Å². The fraction of sp³-hybridized carbons (Fsp3) is 0.615. The fourth-order valence-corrected chi connectivity index (χ4v) is 5.50. The number of ketones is 1. The lowest BCUT2D eigenvalue weighted by atomic mass is 10.0. The predicted molar refractivity (Wildman–Crippen MR) is 133 cm³/mol. The van der Waals surface area contributed by atoms with Gasteiger partial charge in [0.05, 0.1) is 18.6 Å². The number of benzene rings is 1. The van der Waals surface area contributed by atoms with Crippen LogP contribution in [0.15, 0.2) is 24.3 Å². The van der Waals surface area contributed by atoms with Crippen LogP contribution < -0.4 is 15.5 Å². The van der Waals surface area contributed by atoms with E-state index in [9.17, 15) is 19.2 Å². The Morgan fingerprint density at radius 1 is 1.11 bits per heavy atom. The quantitative estimate of drug-likeness (QED) is 0.601. The van der Waals surface area contributed by atoms with E-state index < -0.39 is 12.1 Å². The van der Waals surface area contributed by atoms with Crippen LogP contribution >= 0.6 is 0 Å². The molecule has 35 heavy (non-hydrogen) atoms. The van der Waals surface area contributed by atoms with Crippen LogP contribution in [-0.2, 0) is 14.4 Å². The zero-order valence-corrected chi connectivity index (χ0v) is 21.1. The Morgan fingerprint density at radius 2 is 1.83 bits per heavy atom. The van der Waals surface area contributed by atoms with E-state index in [4.69, 9.17) is 0 Å². The van der Waals surface area contributed by atoms with Crippen LogP contribution in [0.1, 0.15) is 49.9 Å². The fourth-order valence-electron chi connectivity index (χ4n) is 5.50. The number of Topliss-reactive ketones (excluding diaryl/α,β-unsaturated/α-hetero) is 1. The average molecular weight is 484 g/mol. The number of likely N-dealkylation sites (tertiary alicyclic amines) is 2. The lowest BCUT2D eigenvalue weighted by Gasteiger charge is -2.29. The van der Waals surface area contributed by atoms with Crippen molar-refractivity contribution in [3.63, 3.8) is 0 Å². The van der Waals surface area contributed by atoms with Gasteiger partial charge < -0.3 is 25.3 Å². The normalized spacial score (nSPS) is 24.6. The molecule has 0 saturated carbocycles. The van der Waals surface area contributed by atoms with Crippen LogP contribution in [0.25, 0.3) is 0 Å². The Labute approximate surface area is 207 Å². The summed E-state index contributed by atoms with van der Waals surface area (Å²) in [5.41, 5.74) is 1.46. The van der Waals surface area contributed by atoms with Crippen LogP contribution in [0, 0.1) is 5.92 Å². The summed E-state index contributed by atoms with van der Waals surface area (Å²) in [5.74, 6) is -0.519. The first kappa shape index (κ1) is 25.2. The minimum Gasteiger partial charge on any atom is -0.378 e. The van der Waals surface area contributed by atoms with Crippen LogP contribution in [-0.4, -0.2) is 91.2 Å². The van der Waals surface area contributed by atoms with Crippen LogP contribution in [0.5, 0.6) is 0 Å². The molecule has 3 aliphatic heterocycles. The number of nitrogens with zero attached hydrogens (tertiary/aromatic N) is 3. The first-order chi connectivity index (χ1) is 16.7. The molecule has 3 amide bonds. The van der Waals surface area contributed by atoms with Gasteiger partial charge in [0.1, 0.15) is 12.1 Å². The Morgan fingerprint density at radius 3 is 2.43 bits per heavy atom. The molecule has 3 aliphatic rings. The molecule has 3 heterocycles. The lowest BCUT2D eigenvalue weighted by Crippen LogP contribution is -2.53. The lowest BCUT2D eigenvalue weighted by molar-refractivity contribution is -0.138. The highest BCUT2D eigenvalue weighted by molar-refractivity contribution is 6.01. The van der Waals surface area contributed by atoms with Crippen molar-refractivity contribution in [1.82, 2.24) is 20.4 Å². The Hall–Kier alpha value is -2.94. The molecule has 0 aromatic heterocycles. The van der Waals surface area contributed by atoms with Gasteiger partial charge in [-0.3, -0.25) is 19.2 Å². The third-order valence-electron chi connectivity index (χ3n) is 7.30. The monoisotopic (exact) mass is 483 g/mol. The molecule has 1 aromatic rings. The Balaban J connectivity index is 1.47.